The van der Waals surface area contributed by atoms with E-state index in [1.165, 1.54) is 24.3 Å². The van der Waals surface area contributed by atoms with Crippen molar-refractivity contribution in [2.24, 2.45) is 0 Å². The van der Waals surface area contributed by atoms with Gasteiger partial charge in [-0.2, -0.15) is 0 Å². The molecule has 3 nitrogen and oxygen atoms in total. The number of hydrogen-bond acceptors (Lipinski definition) is 2. The molecule has 1 N–H and O–H groups in total. The molecule has 5 heteroatoms. The highest BCUT2D eigenvalue weighted by atomic mass is 35.5. The van der Waals surface area contributed by atoms with Crippen LogP contribution < -0.4 is 4.74 Å². The molecule has 0 spiro atoms. The summed E-state index contributed by atoms with van der Waals surface area (Å²) in [5, 5.41) is 8.98. The molecule has 0 aliphatic carbocycles. The standard InChI is InChI=1S/C16H12ClFO3/c17-13-4-7-15(18)12(9-13)10-21-14-5-1-11(2-6-14)3-8-16(19)20/h1-9H,10H2,(H,19,20)/b8-3+. The predicted molar refractivity (Wildman–Crippen MR) is 78.9 cm³/mol. The Morgan fingerprint density at radius 2 is 1.95 bits per heavy atom. The molecule has 2 aromatic carbocycles. The number of halogens is 2. The summed E-state index contributed by atoms with van der Waals surface area (Å²) in [6.07, 6.45) is 2.53. The van der Waals surface area contributed by atoms with Crippen LogP contribution >= 0.6 is 11.6 Å². The van der Waals surface area contributed by atoms with Gasteiger partial charge in [0.05, 0.1) is 0 Å². The van der Waals surface area contributed by atoms with Crippen LogP contribution in [0.15, 0.2) is 48.5 Å². The average Bonchev–Trinajstić information content (AvgIpc) is 2.47. The molecule has 2 rings (SSSR count). The monoisotopic (exact) mass is 306 g/mol. The molecule has 2 aromatic rings. The first-order valence-electron chi connectivity index (χ1n) is 6.12. The molecule has 0 aromatic heterocycles. The Labute approximate surface area is 126 Å². The summed E-state index contributed by atoms with van der Waals surface area (Å²) in [5.74, 6) is -0.825. The third-order valence-electron chi connectivity index (χ3n) is 2.70. The van der Waals surface area contributed by atoms with E-state index in [0.29, 0.717) is 16.3 Å². The number of rotatable bonds is 5. The van der Waals surface area contributed by atoms with Gasteiger partial charge in [0.15, 0.2) is 0 Å². The van der Waals surface area contributed by atoms with E-state index >= 15 is 0 Å². The average molecular weight is 307 g/mol. The van der Waals surface area contributed by atoms with Gasteiger partial charge in [-0.25, -0.2) is 9.18 Å². The lowest BCUT2D eigenvalue weighted by Crippen LogP contribution is -1.98. The Morgan fingerprint density at radius 1 is 1.24 bits per heavy atom. The normalized spacial score (nSPS) is 10.8. The van der Waals surface area contributed by atoms with Gasteiger partial charge < -0.3 is 9.84 Å². The van der Waals surface area contributed by atoms with Gasteiger partial charge in [-0.1, -0.05) is 23.7 Å². The lowest BCUT2D eigenvalue weighted by atomic mass is 10.2. The highest BCUT2D eigenvalue weighted by Crippen LogP contribution is 2.19. The van der Waals surface area contributed by atoms with Crippen LogP contribution in [0.3, 0.4) is 0 Å². The van der Waals surface area contributed by atoms with Crippen molar-refractivity contribution in [2.75, 3.05) is 0 Å². The van der Waals surface area contributed by atoms with Crippen molar-refractivity contribution in [3.63, 3.8) is 0 Å². The molecule has 0 aliphatic heterocycles. The molecular formula is C16H12ClFO3. The van der Waals surface area contributed by atoms with E-state index in [2.05, 4.69) is 0 Å². The van der Waals surface area contributed by atoms with Gasteiger partial charge in [0.1, 0.15) is 18.2 Å². The fourth-order valence-electron chi connectivity index (χ4n) is 1.66. The van der Waals surface area contributed by atoms with Crippen LogP contribution in [-0.4, -0.2) is 11.1 Å². The quantitative estimate of drug-likeness (QED) is 0.844. The fraction of sp³-hybridized carbons (Fsp3) is 0.0625. The minimum atomic E-state index is -1.01. The Bertz CT molecular complexity index is 666. The molecule has 0 unspecified atom stereocenters. The summed E-state index contributed by atoms with van der Waals surface area (Å²) in [6.45, 7) is 0.0662. The first-order chi connectivity index (χ1) is 10.0. The van der Waals surface area contributed by atoms with Crippen LogP contribution in [0.1, 0.15) is 11.1 Å². The van der Waals surface area contributed by atoms with Gasteiger partial charge in [-0.05, 0) is 42.0 Å². The summed E-state index contributed by atoms with van der Waals surface area (Å²) in [6, 6.07) is 11.1. The molecule has 0 saturated heterocycles. The van der Waals surface area contributed by atoms with Crippen LogP contribution in [0.5, 0.6) is 5.75 Å². The smallest absolute Gasteiger partial charge is 0.328 e. The summed E-state index contributed by atoms with van der Waals surface area (Å²) >= 11 is 5.80. The Hall–Kier alpha value is -2.33. The summed E-state index contributed by atoms with van der Waals surface area (Å²) in [5.41, 5.74) is 1.11. The number of aliphatic carboxylic acids is 1. The van der Waals surface area contributed by atoms with E-state index in [1.54, 1.807) is 24.3 Å². The third-order valence-corrected chi connectivity index (χ3v) is 2.94. The number of carboxylic acid groups (broad SMARTS) is 1. The van der Waals surface area contributed by atoms with Crippen molar-refractivity contribution in [2.45, 2.75) is 6.61 Å². The maximum atomic E-state index is 13.5. The van der Waals surface area contributed by atoms with Gasteiger partial charge in [0.2, 0.25) is 0 Å². The minimum Gasteiger partial charge on any atom is -0.489 e. The van der Waals surface area contributed by atoms with Crippen molar-refractivity contribution in [3.05, 3.63) is 70.5 Å². The number of ether oxygens (including phenoxy) is 1. The van der Waals surface area contributed by atoms with Gasteiger partial charge in [-0.3, -0.25) is 0 Å². The molecule has 0 aliphatic rings. The molecule has 21 heavy (non-hydrogen) atoms. The van der Waals surface area contributed by atoms with Gasteiger partial charge in [0, 0.05) is 16.7 Å². The lowest BCUT2D eigenvalue weighted by Gasteiger charge is -2.07. The second-order valence-electron chi connectivity index (χ2n) is 4.27. The second-order valence-corrected chi connectivity index (χ2v) is 4.70. The molecule has 0 heterocycles. The number of benzene rings is 2. The Kier molecular flexibility index (Phi) is 4.95. The SMILES string of the molecule is O=C(O)/C=C/c1ccc(OCc2cc(Cl)ccc2F)cc1. The fourth-order valence-corrected chi connectivity index (χ4v) is 1.85. The number of carboxylic acids is 1. The summed E-state index contributed by atoms with van der Waals surface area (Å²) < 4.78 is 19.0. The lowest BCUT2D eigenvalue weighted by molar-refractivity contribution is -0.131. The van der Waals surface area contributed by atoms with E-state index < -0.39 is 5.97 Å². The highest BCUT2D eigenvalue weighted by molar-refractivity contribution is 6.30. The first-order valence-corrected chi connectivity index (χ1v) is 6.50. The van der Waals surface area contributed by atoms with E-state index in [1.807, 2.05) is 0 Å². The molecule has 0 saturated carbocycles. The zero-order chi connectivity index (χ0) is 15.2. The summed E-state index contributed by atoms with van der Waals surface area (Å²) in [4.78, 5) is 10.4. The van der Waals surface area contributed by atoms with Crippen LogP contribution in [0, 0.1) is 5.82 Å². The molecule has 108 valence electrons. The van der Waals surface area contributed by atoms with Crippen molar-refractivity contribution in [1.29, 1.82) is 0 Å². The van der Waals surface area contributed by atoms with Gasteiger partial charge >= 0.3 is 5.97 Å². The molecule has 0 radical (unpaired) electrons. The summed E-state index contributed by atoms with van der Waals surface area (Å²) in [7, 11) is 0. The second kappa shape index (κ2) is 6.90. The predicted octanol–water partition coefficient (Wildman–Crippen LogP) is 4.16. The first kappa shape index (κ1) is 15.1. The maximum Gasteiger partial charge on any atom is 0.328 e. The Morgan fingerprint density at radius 3 is 2.62 bits per heavy atom. The largest absolute Gasteiger partial charge is 0.489 e. The number of carbonyl (C=O) groups is 1. The van der Waals surface area contributed by atoms with Crippen molar-refractivity contribution >= 4 is 23.6 Å². The topological polar surface area (TPSA) is 46.5 Å². The van der Waals surface area contributed by atoms with Crippen LogP contribution in [0.25, 0.3) is 6.08 Å². The van der Waals surface area contributed by atoms with E-state index in [0.717, 1.165) is 11.6 Å². The van der Waals surface area contributed by atoms with Crippen LogP contribution in [0.2, 0.25) is 5.02 Å². The molecule has 0 amide bonds. The molecule has 0 fully saturated rings. The highest BCUT2D eigenvalue weighted by Gasteiger charge is 2.04. The zero-order valence-electron chi connectivity index (χ0n) is 10.9. The van der Waals surface area contributed by atoms with Gasteiger partial charge in [-0.15, -0.1) is 0 Å². The minimum absolute atomic E-state index is 0.0662. The zero-order valence-corrected chi connectivity index (χ0v) is 11.7. The van der Waals surface area contributed by atoms with Crippen LogP contribution in [-0.2, 0) is 11.4 Å². The number of hydrogen-bond donors (Lipinski definition) is 1. The van der Waals surface area contributed by atoms with E-state index in [-0.39, 0.29) is 12.4 Å². The van der Waals surface area contributed by atoms with E-state index in [9.17, 15) is 9.18 Å². The molecule has 0 bridgehead atoms. The van der Waals surface area contributed by atoms with Gasteiger partial charge in [0.25, 0.3) is 0 Å². The van der Waals surface area contributed by atoms with Crippen molar-refractivity contribution in [1.82, 2.24) is 0 Å². The van der Waals surface area contributed by atoms with Crippen LogP contribution in [0.4, 0.5) is 4.39 Å². The Balaban J connectivity index is 2.00. The molecule has 0 atom stereocenters. The van der Waals surface area contributed by atoms with Crippen molar-refractivity contribution in [3.8, 4) is 5.75 Å². The third kappa shape index (κ3) is 4.61. The van der Waals surface area contributed by atoms with E-state index in [4.69, 9.17) is 21.4 Å². The maximum absolute atomic E-state index is 13.5. The molecular weight excluding hydrogens is 295 g/mol. The van der Waals surface area contributed by atoms with Crippen molar-refractivity contribution < 1.29 is 19.0 Å².